The monoisotopic (exact) mass is 1380 g/mol. The molecule has 0 aliphatic heterocycles. The average Bonchev–Trinajstić information content (AvgIpc) is 0.778. The van der Waals surface area contributed by atoms with Crippen molar-refractivity contribution in [1.82, 2.24) is 0 Å². The van der Waals surface area contributed by atoms with Gasteiger partial charge in [0.2, 0.25) is 0 Å². The Bertz CT molecular complexity index is 3210. The number of hydrogen-bond donors (Lipinski definition) is 0. The Balaban J connectivity index is 1.63. The number of hydrogen-bond acceptors (Lipinski definition) is 24. The van der Waals surface area contributed by atoms with Gasteiger partial charge in [0.05, 0.1) is 77.2 Å². The molecular formula is C76H88O24. The summed E-state index contributed by atoms with van der Waals surface area (Å²) >= 11 is 0. The number of esters is 8. The van der Waals surface area contributed by atoms with E-state index in [1.807, 2.05) is 48.5 Å². The van der Waals surface area contributed by atoms with E-state index < -0.39 is 123 Å². The lowest BCUT2D eigenvalue weighted by molar-refractivity contribution is -0.148. The zero-order chi connectivity index (χ0) is 73.6. The van der Waals surface area contributed by atoms with Crippen LogP contribution in [-0.4, -0.2) is 152 Å². The molecule has 5 rings (SSSR count). The van der Waals surface area contributed by atoms with Gasteiger partial charge in [-0.25, -0.2) is 19.2 Å². The Hall–Kier alpha value is -10.5. The second kappa shape index (κ2) is 40.4. The predicted molar refractivity (Wildman–Crippen MR) is 362 cm³/mol. The standard InChI is InChI=1S/C76H88O24/c1-45(41-97-65(81)25-49(5)77)73(85)93-21-13-17-53-29-57-37-59-31-54(18-14-22-94-74(86)46(2)42-98-66(82)26-50(6)78)33-61(70(59)90-10)39-63-35-56(20-16-24-96-76(88)48(4)44-100-68(84)28-52(8)80)36-64(72(63)92-12)40-62-34-55(32-60(71(62)91-11)38-58(30-53)69(57)89-9)19-15-23-95-75(87)47(3)43-99-67(83)27-51(7)79/h29-36H,1-4,13-28,37-44H2,5-12H3. The molecule has 4 aromatic rings. The summed E-state index contributed by atoms with van der Waals surface area (Å²) in [6, 6.07) is 16.1. The highest BCUT2D eigenvalue weighted by Crippen LogP contribution is 2.41. The highest BCUT2D eigenvalue weighted by molar-refractivity contribution is 5.97. The number of benzene rings is 4. The van der Waals surface area contributed by atoms with Crippen LogP contribution in [0.1, 0.15) is 146 Å². The topological polar surface area (TPSA) is 316 Å². The van der Waals surface area contributed by atoms with Crippen LogP contribution in [0.5, 0.6) is 23.0 Å². The van der Waals surface area contributed by atoms with Crippen molar-refractivity contribution in [3.63, 3.8) is 0 Å². The number of carbonyl (C=O) groups excluding carboxylic acids is 12. The Kier molecular flexibility index (Phi) is 32.4. The molecule has 1 aliphatic carbocycles. The molecule has 0 heterocycles. The molecule has 8 bridgehead atoms. The molecule has 1 aliphatic rings. The van der Waals surface area contributed by atoms with Crippen LogP contribution in [0.25, 0.3) is 0 Å². The second-order valence-electron chi connectivity index (χ2n) is 24.0. The van der Waals surface area contributed by atoms with Crippen molar-refractivity contribution in [2.75, 3.05) is 81.3 Å². The van der Waals surface area contributed by atoms with Crippen LogP contribution in [0.3, 0.4) is 0 Å². The van der Waals surface area contributed by atoms with Crippen LogP contribution in [0.15, 0.2) is 97.1 Å². The number of Topliss-reactive ketones (excluding diaryl/α,β-unsaturated/α-hetero) is 4. The fraction of sp³-hybridized carbons (Fsp3) is 0.421. The number of carbonyl (C=O) groups is 12. The normalized spacial score (nSPS) is 11.3. The van der Waals surface area contributed by atoms with Crippen LogP contribution < -0.4 is 18.9 Å². The molecule has 0 spiro atoms. The zero-order valence-corrected chi connectivity index (χ0v) is 58.2. The van der Waals surface area contributed by atoms with Gasteiger partial charge in [0.25, 0.3) is 0 Å². The fourth-order valence-electron chi connectivity index (χ4n) is 10.9. The van der Waals surface area contributed by atoms with E-state index in [0.717, 1.165) is 66.8 Å². The number of aryl methyl sites for hydroxylation is 4. The summed E-state index contributed by atoms with van der Waals surface area (Å²) < 4.78 is 67.9. The lowest BCUT2D eigenvalue weighted by atomic mass is 9.87. The van der Waals surface area contributed by atoms with Gasteiger partial charge in [-0.1, -0.05) is 74.8 Å². The van der Waals surface area contributed by atoms with E-state index in [2.05, 4.69) is 26.3 Å². The van der Waals surface area contributed by atoms with Gasteiger partial charge >= 0.3 is 47.8 Å². The summed E-state index contributed by atoms with van der Waals surface area (Å²) in [6.45, 7) is 17.8. The lowest BCUT2D eigenvalue weighted by Gasteiger charge is -2.23. The highest BCUT2D eigenvalue weighted by Gasteiger charge is 2.26. The number of fused-ring (bicyclic) bond motifs is 8. The SMILES string of the molecule is C=C(COC(=O)CC(C)=O)C(=O)OCCCc1cc2c(OC)c(c1)Cc1cc(CCCOC(=O)C(=C)COC(=O)CC(C)=O)cc(c1OC)Cc1cc(CCCOC(=O)C(=C)COC(=O)CC(C)=O)cc(c1OC)Cc1cc(CCCOC(=O)C(=C)COC(=O)CC(C)=O)cc(c1OC)C2. The van der Waals surface area contributed by atoms with E-state index in [4.69, 9.17) is 56.8 Å². The van der Waals surface area contributed by atoms with Crippen molar-refractivity contribution < 1.29 is 114 Å². The Morgan fingerprint density at radius 2 is 0.460 bits per heavy atom. The molecule has 24 nitrogen and oxygen atoms in total. The first kappa shape index (κ1) is 80.2. The maximum absolute atomic E-state index is 13.0. The Labute approximate surface area is 581 Å². The van der Waals surface area contributed by atoms with Gasteiger partial charge in [0.1, 0.15) is 98.2 Å². The summed E-state index contributed by atoms with van der Waals surface area (Å²) in [6.07, 6.45) is 2.13. The van der Waals surface area contributed by atoms with E-state index in [1.165, 1.54) is 27.7 Å². The maximum Gasteiger partial charge on any atom is 0.336 e. The van der Waals surface area contributed by atoms with Crippen LogP contribution >= 0.6 is 0 Å². The van der Waals surface area contributed by atoms with Gasteiger partial charge in [-0.3, -0.25) is 38.4 Å². The molecule has 100 heavy (non-hydrogen) atoms. The van der Waals surface area contributed by atoms with Gasteiger partial charge in [-0.2, -0.15) is 0 Å². The Morgan fingerprint density at radius 1 is 0.290 bits per heavy atom. The van der Waals surface area contributed by atoms with Crippen LogP contribution in [0.4, 0.5) is 0 Å². The van der Waals surface area contributed by atoms with E-state index in [9.17, 15) is 57.5 Å². The minimum absolute atomic E-state index is 0.0377. The van der Waals surface area contributed by atoms with Gasteiger partial charge in [-0.05, 0) is 146 Å². The predicted octanol–water partition coefficient (Wildman–Crippen LogP) is 8.61. The molecule has 0 N–H and O–H groups in total. The van der Waals surface area contributed by atoms with Crippen LogP contribution in [0.2, 0.25) is 0 Å². The first-order valence-corrected chi connectivity index (χ1v) is 32.4. The number of rotatable bonds is 40. The molecule has 0 fully saturated rings. The average molecular weight is 1390 g/mol. The molecule has 0 radical (unpaired) electrons. The molecule has 0 atom stereocenters. The molecule has 0 aromatic heterocycles. The van der Waals surface area contributed by atoms with E-state index >= 15 is 0 Å². The van der Waals surface area contributed by atoms with Gasteiger partial charge in [0.15, 0.2) is 0 Å². The van der Waals surface area contributed by atoms with Crippen molar-refractivity contribution in [2.45, 2.75) is 130 Å². The van der Waals surface area contributed by atoms with E-state index in [0.29, 0.717) is 74.4 Å². The number of ether oxygens (including phenoxy) is 12. The van der Waals surface area contributed by atoms with Crippen molar-refractivity contribution in [2.24, 2.45) is 0 Å². The first-order chi connectivity index (χ1) is 47.6. The number of methoxy groups -OCH3 is 4. The maximum atomic E-state index is 13.0. The lowest BCUT2D eigenvalue weighted by Crippen LogP contribution is -2.16. The smallest absolute Gasteiger partial charge is 0.336 e. The summed E-state index contributed by atoms with van der Waals surface area (Å²) in [5.41, 5.74) is 8.97. The molecule has 0 saturated heterocycles. The molecule has 536 valence electrons. The largest absolute Gasteiger partial charge is 0.496 e. The quantitative estimate of drug-likeness (QED) is 0.0116. The van der Waals surface area contributed by atoms with Gasteiger partial charge in [0, 0.05) is 25.7 Å². The zero-order valence-electron chi connectivity index (χ0n) is 58.2. The third kappa shape index (κ3) is 26.4. The van der Waals surface area contributed by atoms with Crippen molar-refractivity contribution in [1.29, 1.82) is 0 Å². The summed E-state index contributed by atoms with van der Waals surface area (Å²) in [7, 11) is 6.32. The van der Waals surface area contributed by atoms with Gasteiger partial charge < -0.3 is 56.8 Å². The molecular weight excluding hydrogens is 1300 g/mol. The summed E-state index contributed by atoms with van der Waals surface area (Å²) in [4.78, 5) is 146. The summed E-state index contributed by atoms with van der Waals surface area (Å²) in [5, 5.41) is 0. The number of ketones is 4. The third-order valence-electron chi connectivity index (χ3n) is 15.3. The third-order valence-corrected chi connectivity index (χ3v) is 15.3. The first-order valence-electron chi connectivity index (χ1n) is 32.4. The van der Waals surface area contributed by atoms with E-state index in [-0.39, 0.29) is 74.4 Å². The van der Waals surface area contributed by atoms with Crippen molar-refractivity contribution in [3.8, 4) is 23.0 Å². The second-order valence-corrected chi connectivity index (χ2v) is 24.0. The van der Waals surface area contributed by atoms with Crippen molar-refractivity contribution >= 4 is 70.9 Å². The van der Waals surface area contributed by atoms with Crippen LogP contribution in [0, 0.1) is 0 Å². The molecule has 0 saturated carbocycles. The minimum Gasteiger partial charge on any atom is -0.496 e. The van der Waals surface area contributed by atoms with Crippen molar-refractivity contribution in [3.05, 3.63) is 164 Å². The van der Waals surface area contributed by atoms with E-state index in [1.54, 1.807) is 28.4 Å². The van der Waals surface area contributed by atoms with Crippen LogP contribution in [-0.2, 0) is 147 Å². The minimum atomic E-state index is -0.799. The molecule has 4 aromatic carbocycles. The molecule has 24 heteroatoms. The highest BCUT2D eigenvalue weighted by atomic mass is 16.6. The fourth-order valence-corrected chi connectivity index (χ4v) is 10.9. The Morgan fingerprint density at radius 3 is 0.610 bits per heavy atom. The molecule has 0 amide bonds. The van der Waals surface area contributed by atoms with Gasteiger partial charge in [-0.15, -0.1) is 0 Å². The molecule has 0 unspecified atom stereocenters. The summed E-state index contributed by atoms with van der Waals surface area (Å²) in [5.74, 6) is -5.68.